The van der Waals surface area contributed by atoms with E-state index in [1.165, 1.54) is 12.1 Å². The Morgan fingerprint density at radius 2 is 1.70 bits per heavy atom. The monoisotopic (exact) mass is 413 g/mol. The van der Waals surface area contributed by atoms with Crippen molar-refractivity contribution in [1.82, 2.24) is 14.8 Å². The van der Waals surface area contributed by atoms with E-state index in [1.807, 2.05) is 11.0 Å². The van der Waals surface area contributed by atoms with Crippen LogP contribution in [0.5, 0.6) is 0 Å². The predicted molar refractivity (Wildman–Crippen MR) is 113 cm³/mol. The van der Waals surface area contributed by atoms with Gasteiger partial charge < -0.3 is 14.8 Å². The van der Waals surface area contributed by atoms with Crippen LogP contribution in [0, 0.1) is 18.7 Å². The number of carbonyl (C=O) groups is 2. The summed E-state index contributed by atoms with van der Waals surface area (Å²) in [6.07, 6.45) is 4.97. The maximum Gasteiger partial charge on any atom is 0.256 e. The Morgan fingerprint density at radius 1 is 1.03 bits per heavy atom. The van der Waals surface area contributed by atoms with E-state index in [2.05, 4.69) is 4.98 Å². The van der Waals surface area contributed by atoms with Crippen molar-refractivity contribution in [3.63, 3.8) is 0 Å². The van der Waals surface area contributed by atoms with Gasteiger partial charge in [-0.2, -0.15) is 0 Å². The average Bonchev–Trinajstić information content (AvgIpc) is 3.27. The van der Waals surface area contributed by atoms with E-state index in [0.29, 0.717) is 54.6 Å². The van der Waals surface area contributed by atoms with Crippen LogP contribution in [0.3, 0.4) is 0 Å². The maximum atomic E-state index is 13.6. The fourth-order valence-corrected chi connectivity index (χ4v) is 4.70. The number of pyridine rings is 1. The molecule has 2 aromatic rings. The number of benzene rings is 1. The van der Waals surface area contributed by atoms with Crippen molar-refractivity contribution in [2.75, 3.05) is 26.2 Å². The van der Waals surface area contributed by atoms with Gasteiger partial charge in [-0.3, -0.25) is 14.4 Å². The summed E-state index contributed by atoms with van der Waals surface area (Å²) >= 11 is 0. The Kier molecular flexibility index (Phi) is 5.88. The molecule has 0 bridgehead atoms. The topological polar surface area (TPSA) is 73.5 Å². The molecule has 1 aliphatic heterocycles. The number of hydrogen-bond donors (Lipinski definition) is 1. The third-order valence-electron chi connectivity index (χ3n) is 6.45. The summed E-state index contributed by atoms with van der Waals surface area (Å²) in [4.78, 5) is 44.0. The van der Waals surface area contributed by atoms with E-state index in [-0.39, 0.29) is 29.7 Å². The Bertz CT molecular complexity index is 1020. The average molecular weight is 413 g/mol. The number of carbonyl (C=O) groups excluding carboxylic acids is 2. The molecule has 2 amide bonds. The fourth-order valence-electron chi connectivity index (χ4n) is 4.70. The van der Waals surface area contributed by atoms with Gasteiger partial charge in [-0.1, -0.05) is 12.8 Å². The summed E-state index contributed by atoms with van der Waals surface area (Å²) in [6.45, 7) is 4.08. The van der Waals surface area contributed by atoms with Gasteiger partial charge in [-0.05, 0) is 55.3 Å². The van der Waals surface area contributed by atoms with Crippen LogP contribution >= 0.6 is 0 Å². The molecule has 0 unspecified atom stereocenters. The van der Waals surface area contributed by atoms with Crippen molar-refractivity contribution in [1.29, 1.82) is 0 Å². The van der Waals surface area contributed by atoms with Gasteiger partial charge in [-0.25, -0.2) is 4.39 Å². The smallest absolute Gasteiger partial charge is 0.256 e. The molecule has 1 aromatic carbocycles. The summed E-state index contributed by atoms with van der Waals surface area (Å²) in [5, 5.41) is 1.03. The minimum Gasteiger partial charge on any atom is -0.339 e. The zero-order valence-corrected chi connectivity index (χ0v) is 17.4. The zero-order valence-electron chi connectivity index (χ0n) is 17.4. The highest BCUT2D eigenvalue weighted by Gasteiger charge is 2.30. The van der Waals surface area contributed by atoms with Crippen LogP contribution in [0.25, 0.3) is 10.8 Å². The minimum absolute atomic E-state index is 0.0275. The summed E-state index contributed by atoms with van der Waals surface area (Å²) in [6, 6.07) is 4.47. The van der Waals surface area contributed by atoms with Gasteiger partial charge in [0, 0.05) is 44.2 Å². The number of rotatable bonds is 4. The molecular formula is C23H28FN3O3. The minimum atomic E-state index is -0.431. The number of nitrogens with one attached hydrogen (secondary N) is 1. The van der Waals surface area contributed by atoms with E-state index < -0.39 is 5.82 Å². The number of halogens is 1. The summed E-state index contributed by atoms with van der Waals surface area (Å²) in [5.74, 6) is 0.0211. The molecule has 2 fully saturated rings. The molecule has 0 spiro atoms. The van der Waals surface area contributed by atoms with Crippen LogP contribution in [0.15, 0.2) is 23.0 Å². The lowest BCUT2D eigenvalue weighted by Crippen LogP contribution is -2.51. The number of aromatic amines is 1. The molecule has 1 saturated heterocycles. The molecule has 30 heavy (non-hydrogen) atoms. The highest BCUT2D eigenvalue weighted by Crippen LogP contribution is 2.27. The van der Waals surface area contributed by atoms with E-state index in [4.69, 9.17) is 0 Å². The van der Waals surface area contributed by atoms with Crippen molar-refractivity contribution < 1.29 is 14.0 Å². The lowest BCUT2D eigenvalue weighted by molar-refractivity contribution is -0.142. The van der Waals surface area contributed by atoms with E-state index >= 15 is 0 Å². The number of hydrogen-bond acceptors (Lipinski definition) is 3. The van der Waals surface area contributed by atoms with Crippen LogP contribution in [0.4, 0.5) is 4.39 Å². The highest BCUT2D eigenvalue weighted by atomic mass is 19.1. The molecule has 1 saturated carbocycles. The van der Waals surface area contributed by atoms with Crippen LogP contribution in [-0.2, 0) is 16.0 Å². The Morgan fingerprint density at radius 3 is 2.40 bits per heavy atom. The Balaban J connectivity index is 1.34. The number of fused-ring (bicyclic) bond motifs is 1. The molecule has 1 aromatic heterocycles. The second-order valence-electron chi connectivity index (χ2n) is 8.50. The number of aryl methyl sites for hydroxylation is 2. The van der Waals surface area contributed by atoms with Gasteiger partial charge in [-0.15, -0.1) is 0 Å². The predicted octanol–water partition coefficient (Wildman–Crippen LogP) is 2.77. The van der Waals surface area contributed by atoms with E-state index in [0.717, 1.165) is 25.7 Å². The molecule has 7 heteroatoms. The standard InChI is InChI=1S/C23H28FN3O3/c1-15-12-17(24)13-20-19(15)14-18(25-22(20)29)6-7-21(28)26-8-10-27(11-9-26)23(30)16-4-2-3-5-16/h12-14,16H,2-11H2,1H3,(H,25,29). The van der Waals surface area contributed by atoms with Crippen molar-refractivity contribution in [3.8, 4) is 0 Å². The first-order valence-electron chi connectivity index (χ1n) is 10.8. The molecule has 160 valence electrons. The van der Waals surface area contributed by atoms with E-state index in [9.17, 15) is 18.8 Å². The maximum absolute atomic E-state index is 13.6. The van der Waals surface area contributed by atoms with Crippen LogP contribution < -0.4 is 5.56 Å². The molecule has 0 atom stereocenters. The second-order valence-corrected chi connectivity index (χ2v) is 8.50. The van der Waals surface area contributed by atoms with Crippen LogP contribution in [0.2, 0.25) is 0 Å². The van der Waals surface area contributed by atoms with Gasteiger partial charge in [0.05, 0.1) is 5.39 Å². The van der Waals surface area contributed by atoms with E-state index in [1.54, 1.807) is 11.8 Å². The van der Waals surface area contributed by atoms with Gasteiger partial charge in [0.1, 0.15) is 5.82 Å². The second kappa shape index (κ2) is 8.58. The molecule has 1 aliphatic carbocycles. The third kappa shape index (κ3) is 4.25. The third-order valence-corrected chi connectivity index (χ3v) is 6.45. The van der Waals surface area contributed by atoms with Crippen LogP contribution in [0.1, 0.15) is 43.4 Å². The van der Waals surface area contributed by atoms with Gasteiger partial charge in [0.25, 0.3) is 5.56 Å². The lowest BCUT2D eigenvalue weighted by atomic mass is 10.0. The number of amides is 2. The molecule has 4 rings (SSSR count). The number of nitrogens with zero attached hydrogens (tertiary/aromatic N) is 2. The molecule has 2 aliphatic rings. The Labute approximate surface area is 175 Å². The van der Waals surface area contributed by atoms with Crippen molar-refractivity contribution in [2.45, 2.75) is 45.4 Å². The van der Waals surface area contributed by atoms with Crippen molar-refractivity contribution in [3.05, 3.63) is 45.6 Å². The van der Waals surface area contributed by atoms with Crippen molar-refractivity contribution in [2.24, 2.45) is 5.92 Å². The molecular weight excluding hydrogens is 385 g/mol. The fraction of sp³-hybridized carbons (Fsp3) is 0.522. The normalized spacial score (nSPS) is 17.7. The summed E-state index contributed by atoms with van der Waals surface area (Å²) in [5.41, 5.74) is 1.04. The summed E-state index contributed by atoms with van der Waals surface area (Å²) in [7, 11) is 0. The number of H-pyrrole nitrogens is 1. The highest BCUT2D eigenvalue weighted by molar-refractivity contribution is 5.85. The quantitative estimate of drug-likeness (QED) is 0.838. The zero-order chi connectivity index (χ0) is 21.3. The first kappa shape index (κ1) is 20.6. The molecule has 2 heterocycles. The van der Waals surface area contributed by atoms with Crippen LogP contribution in [-0.4, -0.2) is 52.8 Å². The lowest BCUT2D eigenvalue weighted by Gasteiger charge is -2.36. The van der Waals surface area contributed by atoms with Gasteiger partial charge in [0.15, 0.2) is 0 Å². The first-order valence-corrected chi connectivity index (χ1v) is 10.8. The van der Waals surface area contributed by atoms with Gasteiger partial charge >= 0.3 is 0 Å². The largest absolute Gasteiger partial charge is 0.339 e. The Hall–Kier alpha value is -2.70. The molecule has 6 nitrogen and oxygen atoms in total. The number of aromatic nitrogens is 1. The van der Waals surface area contributed by atoms with Gasteiger partial charge in [0.2, 0.25) is 11.8 Å². The summed E-state index contributed by atoms with van der Waals surface area (Å²) < 4.78 is 13.6. The van der Waals surface area contributed by atoms with Crippen molar-refractivity contribution >= 4 is 22.6 Å². The molecule has 1 N–H and O–H groups in total. The SMILES string of the molecule is Cc1cc(F)cc2c(=O)[nH]c(CCC(=O)N3CCN(C(=O)C4CCCC4)CC3)cc12. The number of piperazine rings is 1. The first-order chi connectivity index (χ1) is 14.4. The molecule has 0 radical (unpaired) electrons.